The first-order valence-electron chi connectivity index (χ1n) is 6.99. The van der Waals surface area contributed by atoms with Crippen LogP contribution in [0.4, 0.5) is 0 Å². The van der Waals surface area contributed by atoms with E-state index in [9.17, 15) is 9.59 Å². The van der Waals surface area contributed by atoms with E-state index >= 15 is 0 Å². The van der Waals surface area contributed by atoms with Gasteiger partial charge in [0.05, 0.1) is 23.9 Å². The zero-order valence-electron chi connectivity index (χ0n) is 12.9. The summed E-state index contributed by atoms with van der Waals surface area (Å²) in [6, 6.07) is 2.86. The van der Waals surface area contributed by atoms with Gasteiger partial charge >= 0.3 is 5.97 Å². The zero-order chi connectivity index (χ0) is 17.0. The van der Waals surface area contributed by atoms with Gasteiger partial charge in [0.25, 0.3) is 5.91 Å². The van der Waals surface area contributed by atoms with Crippen LogP contribution in [0.2, 0.25) is 0 Å². The van der Waals surface area contributed by atoms with Crippen LogP contribution >= 0.6 is 11.3 Å². The number of hydrogen-bond acceptors (Lipinski definition) is 6. The normalized spacial score (nSPS) is 12.0. The van der Waals surface area contributed by atoms with Gasteiger partial charge in [-0.15, -0.1) is 11.3 Å². The van der Waals surface area contributed by atoms with E-state index in [0.29, 0.717) is 16.5 Å². The molecule has 2 aromatic rings. The Morgan fingerprint density at radius 3 is 2.48 bits per heavy atom. The molecular weight excluding hydrogens is 318 g/mol. The standard InChI is InChI=1S/C15H17N3O4S/c1-8(2)22-12-5-4-10(6-16-12)13(19)18-9(3)14-17-7-11(23-14)15(20)21/h4-9H,1-3H3,(H,18,19)(H,20,21). The molecule has 1 unspecified atom stereocenters. The first-order chi connectivity index (χ1) is 10.9. The summed E-state index contributed by atoms with van der Waals surface area (Å²) in [5.41, 5.74) is 0.392. The maximum atomic E-state index is 12.2. The van der Waals surface area contributed by atoms with Gasteiger partial charge in [0.1, 0.15) is 9.88 Å². The van der Waals surface area contributed by atoms with Gasteiger partial charge in [-0.3, -0.25) is 4.79 Å². The summed E-state index contributed by atoms with van der Waals surface area (Å²) in [7, 11) is 0. The molecule has 7 nitrogen and oxygen atoms in total. The van der Waals surface area contributed by atoms with Crippen LogP contribution in [-0.4, -0.2) is 33.1 Å². The Balaban J connectivity index is 2.01. The van der Waals surface area contributed by atoms with E-state index in [0.717, 1.165) is 11.3 Å². The van der Waals surface area contributed by atoms with Crippen LogP contribution in [-0.2, 0) is 0 Å². The van der Waals surface area contributed by atoms with Gasteiger partial charge in [-0.25, -0.2) is 14.8 Å². The van der Waals surface area contributed by atoms with Crippen LogP contribution in [0.1, 0.15) is 51.9 Å². The molecule has 23 heavy (non-hydrogen) atoms. The summed E-state index contributed by atoms with van der Waals surface area (Å²) in [4.78, 5) is 31.3. The smallest absolute Gasteiger partial charge is 0.347 e. The van der Waals surface area contributed by atoms with Gasteiger partial charge < -0.3 is 15.2 Å². The van der Waals surface area contributed by atoms with Crippen molar-refractivity contribution in [2.45, 2.75) is 32.9 Å². The van der Waals surface area contributed by atoms with Crippen molar-refractivity contribution in [3.05, 3.63) is 40.0 Å². The van der Waals surface area contributed by atoms with Crippen molar-refractivity contribution in [3.63, 3.8) is 0 Å². The van der Waals surface area contributed by atoms with Crippen LogP contribution in [0.15, 0.2) is 24.5 Å². The van der Waals surface area contributed by atoms with Crippen LogP contribution in [0, 0.1) is 0 Å². The highest BCUT2D eigenvalue weighted by atomic mass is 32.1. The number of aromatic carboxylic acids is 1. The molecule has 0 spiro atoms. The summed E-state index contributed by atoms with van der Waals surface area (Å²) in [5, 5.41) is 12.2. The molecule has 0 saturated carbocycles. The number of nitrogens with one attached hydrogen (secondary N) is 1. The molecule has 1 atom stereocenters. The van der Waals surface area contributed by atoms with Crippen LogP contribution in [0.3, 0.4) is 0 Å². The lowest BCUT2D eigenvalue weighted by molar-refractivity contribution is 0.0701. The van der Waals surface area contributed by atoms with Gasteiger partial charge in [0.2, 0.25) is 5.88 Å². The van der Waals surface area contributed by atoms with E-state index in [1.54, 1.807) is 19.1 Å². The Kier molecular flexibility index (Phi) is 5.28. The third-order valence-corrected chi connectivity index (χ3v) is 3.98. The molecule has 8 heteroatoms. The van der Waals surface area contributed by atoms with E-state index in [4.69, 9.17) is 9.84 Å². The Morgan fingerprint density at radius 1 is 1.22 bits per heavy atom. The number of nitrogens with zero attached hydrogens (tertiary/aromatic N) is 2. The molecule has 0 aliphatic heterocycles. The number of aromatic nitrogens is 2. The van der Waals surface area contributed by atoms with Crippen molar-refractivity contribution in [2.24, 2.45) is 0 Å². The molecule has 2 aromatic heterocycles. The highest BCUT2D eigenvalue weighted by Gasteiger charge is 2.17. The molecule has 0 fully saturated rings. The molecule has 0 aliphatic rings. The third-order valence-electron chi connectivity index (χ3n) is 2.81. The van der Waals surface area contributed by atoms with E-state index in [1.807, 2.05) is 13.8 Å². The summed E-state index contributed by atoms with van der Waals surface area (Å²) < 4.78 is 5.42. The number of thiazole rings is 1. The molecule has 2 N–H and O–H groups in total. The maximum absolute atomic E-state index is 12.2. The molecule has 0 saturated heterocycles. The van der Waals surface area contributed by atoms with Crippen molar-refractivity contribution in [1.29, 1.82) is 0 Å². The quantitative estimate of drug-likeness (QED) is 0.841. The highest BCUT2D eigenvalue weighted by molar-refractivity contribution is 7.13. The van der Waals surface area contributed by atoms with Crippen molar-refractivity contribution >= 4 is 23.2 Å². The van der Waals surface area contributed by atoms with Gasteiger partial charge in [-0.05, 0) is 26.8 Å². The largest absolute Gasteiger partial charge is 0.477 e. The van der Waals surface area contributed by atoms with Crippen LogP contribution in [0.5, 0.6) is 5.88 Å². The Bertz CT molecular complexity index is 697. The zero-order valence-corrected chi connectivity index (χ0v) is 13.8. The average molecular weight is 335 g/mol. The van der Waals surface area contributed by atoms with Gasteiger partial charge in [0, 0.05) is 12.3 Å². The number of pyridine rings is 1. The number of carbonyl (C=O) groups excluding carboxylic acids is 1. The fourth-order valence-electron chi connectivity index (χ4n) is 1.75. The number of carboxylic acid groups (broad SMARTS) is 1. The van der Waals surface area contributed by atoms with Crippen molar-refractivity contribution in [2.75, 3.05) is 0 Å². The molecule has 2 rings (SSSR count). The highest BCUT2D eigenvalue weighted by Crippen LogP contribution is 2.20. The topological polar surface area (TPSA) is 101 Å². The predicted molar refractivity (Wildman–Crippen MR) is 85.0 cm³/mol. The second kappa shape index (κ2) is 7.19. The summed E-state index contributed by atoms with van der Waals surface area (Å²) in [6.07, 6.45) is 2.73. The maximum Gasteiger partial charge on any atom is 0.347 e. The lowest BCUT2D eigenvalue weighted by Gasteiger charge is -2.12. The second-order valence-electron chi connectivity index (χ2n) is 5.11. The molecule has 0 bridgehead atoms. The summed E-state index contributed by atoms with van der Waals surface area (Å²) in [6.45, 7) is 5.53. The second-order valence-corrected chi connectivity index (χ2v) is 6.18. The van der Waals surface area contributed by atoms with E-state index < -0.39 is 12.0 Å². The predicted octanol–water partition coefficient (Wildman–Crippen LogP) is 2.51. The minimum Gasteiger partial charge on any atom is -0.477 e. The molecule has 2 heterocycles. The monoisotopic (exact) mass is 335 g/mol. The molecule has 122 valence electrons. The van der Waals surface area contributed by atoms with E-state index in [2.05, 4.69) is 15.3 Å². The molecule has 0 aliphatic carbocycles. The molecule has 1 amide bonds. The molecule has 0 aromatic carbocycles. The lowest BCUT2D eigenvalue weighted by Crippen LogP contribution is -2.26. The lowest BCUT2D eigenvalue weighted by atomic mass is 10.2. The van der Waals surface area contributed by atoms with Gasteiger partial charge in [-0.1, -0.05) is 0 Å². The van der Waals surface area contributed by atoms with Crippen molar-refractivity contribution < 1.29 is 19.4 Å². The summed E-state index contributed by atoms with van der Waals surface area (Å²) in [5.74, 6) is -0.888. The number of carbonyl (C=O) groups is 2. The van der Waals surface area contributed by atoms with Crippen molar-refractivity contribution in [3.8, 4) is 5.88 Å². The average Bonchev–Trinajstić information content (AvgIpc) is 2.97. The minimum atomic E-state index is -1.03. The van der Waals surface area contributed by atoms with E-state index in [-0.39, 0.29) is 16.9 Å². The Hall–Kier alpha value is -2.48. The van der Waals surface area contributed by atoms with E-state index in [1.165, 1.54) is 12.4 Å². The SMILES string of the molecule is CC(C)Oc1ccc(C(=O)NC(C)c2ncc(C(=O)O)s2)cn1. The van der Waals surface area contributed by atoms with Crippen LogP contribution < -0.4 is 10.1 Å². The first kappa shape index (κ1) is 16.9. The fraction of sp³-hybridized carbons (Fsp3) is 0.333. The number of carboxylic acids is 1. The molecular formula is C15H17N3O4S. The Morgan fingerprint density at radius 2 is 1.96 bits per heavy atom. The van der Waals surface area contributed by atoms with Crippen LogP contribution in [0.25, 0.3) is 0 Å². The van der Waals surface area contributed by atoms with Crippen molar-refractivity contribution in [1.82, 2.24) is 15.3 Å². The first-order valence-corrected chi connectivity index (χ1v) is 7.81. The third kappa shape index (κ3) is 4.49. The fourth-order valence-corrected chi connectivity index (χ4v) is 2.51. The number of amides is 1. The number of hydrogen-bond donors (Lipinski definition) is 2. The minimum absolute atomic E-state index is 0.00975. The van der Waals surface area contributed by atoms with Gasteiger partial charge in [-0.2, -0.15) is 0 Å². The number of ether oxygens (including phenoxy) is 1. The van der Waals surface area contributed by atoms with Gasteiger partial charge in [0.15, 0.2) is 0 Å². The Labute approximate surface area is 137 Å². The summed E-state index contributed by atoms with van der Waals surface area (Å²) >= 11 is 1.03. The number of rotatable bonds is 6. The molecule has 0 radical (unpaired) electrons.